The average molecular weight is 277 g/mol. The highest BCUT2D eigenvalue weighted by Crippen LogP contribution is 2.21. The van der Waals surface area contributed by atoms with E-state index in [4.69, 9.17) is 11.6 Å². The summed E-state index contributed by atoms with van der Waals surface area (Å²) in [5, 5.41) is 5.16. The van der Waals surface area contributed by atoms with Crippen LogP contribution in [-0.4, -0.2) is 18.3 Å². The molecule has 1 aromatic rings. The van der Waals surface area contributed by atoms with Crippen LogP contribution in [0.1, 0.15) is 12.0 Å². The molecule has 1 heterocycles. The fourth-order valence-corrected chi connectivity index (χ4v) is 2.58. The molecule has 2 nitrogen and oxygen atoms in total. The van der Waals surface area contributed by atoms with Crippen molar-refractivity contribution >= 4 is 40.9 Å². The molecule has 1 aromatic carbocycles. The molecule has 0 unspecified atom stereocenters. The molecular weight excluding hydrogens is 263 g/mol. The smallest absolute Gasteiger partial charge is 0.156 e. The van der Waals surface area contributed by atoms with E-state index in [1.165, 1.54) is 5.56 Å². The van der Waals surface area contributed by atoms with Crippen molar-refractivity contribution in [1.82, 2.24) is 5.32 Å². The first kappa shape index (κ1) is 13.7. The van der Waals surface area contributed by atoms with Gasteiger partial charge >= 0.3 is 0 Å². The number of hydrogen-bond donors (Lipinski definition) is 1. The zero-order chi connectivity index (χ0) is 10.5. The van der Waals surface area contributed by atoms with Crippen LogP contribution in [0.3, 0.4) is 0 Å². The second kappa shape index (κ2) is 7.05. The maximum absolute atomic E-state index is 6.07. The monoisotopic (exact) mass is 276 g/mol. The van der Waals surface area contributed by atoms with Crippen molar-refractivity contribution in [2.75, 3.05) is 13.1 Å². The molecule has 0 radical (unpaired) electrons. The van der Waals surface area contributed by atoms with Gasteiger partial charge in [0, 0.05) is 23.9 Å². The summed E-state index contributed by atoms with van der Waals surface area (Å²) in [7, 11) is 0. The molecule has 16 heavy (non-hydrogen) atoms. The molecule has 0 aromatic heterocycles. The fraction of sp³-hybridized carbons (Fsp3) is 0.364. The molecule has 0 saturated heterocycles. The number of halogens is 2. The first-order chi connectivity index (χ1) is 7.36. The van der Waals surface area contributed by atoms with E-state index in [0.717, 1.165) is 35.5 Å². The second-order valence-electron chi connectivity index (χ2n) is 3.35. The molecule has 2 rings (SSSR count). The Morgan fingerprint density at radius 3 is 2.88 bits per heavy atom. The van der Waals surface area contributed by atoms with E-state index in [0.29, 0.717) is 0 Å². The molecule has 0 spiro atoms. The summed E-state index contributed by atoms with van der Waals surface area (Å²) in [6.07, 6.45) is 1.14. The van der Waals surface area contributed by atoms with Gasteiger partial charge in [-0.3, -0.25) is 4.99 Å². The summed E-state index contributed by atoms with van der Waals surface area (Å²) < 4.78 is 0. The Hall–Kier alpha value is -0.380. The zero-order valence-electron chi connectivity index (χ0n) is 8.78. The Morgan fingerprint density at radius 2 is 2.19 bits per heavy atom. The predicted octanol–water partition coefficient (Wildman–Crippen LogP) is 3.34. The standard InChI is InChI=1S/C11H13ClN2S.ClH/c12-10-5-2-1-4-9(10)8-15-11-13-6-3-7-14-11;/h1-2,4-5H,3,6-8H2,(H,13,14);1H. The van der Waals surface area contributed by atoms with E-state index in [-0.39, 0.29) is 12.4 Å². The van der Waals surface area contributed by atoms with Gasteiger partial charge in [-0.1, -0.05) is 41.6 Å². The second-order valence-corrected chi connectivity index (χ2v) is 4.72. The van der Waals surface area contributed by atoms with E-state index < -0.39 is 0 Å². The van der Waals surface area contributed by atoms with Crippen molar-refractivity contribution < 1.29 is 0 Å². The van der Waals surface area contributed by atoms with Crippen LogP contribution in [0.25, 0.3) is 0 Å². The van der Waals surface area contributed by atoms with Gasteiger partial charge in [0.05, 0.1) is 0 Å². The third-order valence-corrected chi connectivity index (χ3v) is 3.56. The minimum absolute atomic E-state index is 0. The highest BCUT2D eigenvalue weighted by Gasteiger charge is 2.06. The summed E-state index contributed by atoms with van der Waals surface area (Å²) in [6, 6.07) is 7.94. The summed E-state index contributed by atoms with van der Waals surface area (Å²) >= 11 is 7.79. The van der Waals surface area contributed by atoms with Gasteiger partial charge in [0.2, 0.25) is 0 Å². The lowest BCUT2D eigenvalue weighted by Gasteiger charge is -2.13. The van der Waals surface area contributed by atoms with Crippen LogP contribution in [0.4, 0.5) is 0 Å². The van der Waals surface area contributed by atoms with Crippen LogP contribution in [0.5, 0.6) is 0 Å². The van der Waals surface area contributed by atoms with Crippen molar-refractivity contribution in [3.63, 3.8) is 0 Å². The fourth-order valence-electron chi connectivity index (χ4n) is 1.37. The van der Waals surface area contributed by atoms with Gasteiger partial charge in [0.25, 0.3) is 0 Å². The van der Waals surface area contributed by atoms with Gasteiger partial charge in [-0.2, -0.15) is 0 Å². The van der Waals surface area contributed by atoms with Gasteiger partial charge < -0.3 is 5.32 Å². The number of amidine groups is 1. The van der Waals surface area contributed by atoms with Crippen LogP contribution in [0, 0.1) is 0 Å². The molecule has 88 valence electrons. The van der Waals surface area contributed by atoms with Crippen molar-refractivity contribution in [3.05, 3.63) is 34.9 Å². The highest BCUT2D eigenvalue weighted by atomic mass is 35.5. The molecule has 1 aliphatic heterocycles. The lowest BCUT2D eigenvalue weighted by molar-refractivity contribution is 0.751. The van der Waals surface area contributed by atoms with Crippen LogP contribution in [-0.2, 0) is 5.75 Å². The summed E-state index contributed by atoms with van der Waals surface area (Å²) in [6.45, 7) is 1.98. The molecule has 0 fully saturated rings. The molecule has 1 aliphatic rings. The highest BCUT2D eigenvalue weighted by molar-refractivity contribution is 8.13. The SMILES string of the molecule is Cl.Clc1ccccc1CSC1=NCCCN1. The maximum atomic E-state index is 6.07. The lowest BCUT2D eigenvalue weighted by Crippen LogP contribution is -2.26. The Balaban J connectivity index is 0.00000128. The molecule has 0 saturated carbocycles. The summed E-state index contributed by atoms with van der Waals surface area (Å²) in [5.74, 6) is 0.880. The first-order valence-corrected chi connectivity index (χ1v) is 6.37. The van der Waals surface area contributed by atoms with Gasteiger partial charge in [-0.05, 0) is 18.1 Å². The molecular formula is C11H14Cl2N2S. The van der Waals surface area contributed by atoms with Gasteiger partial charge in [0.15, 0.2) is 5.17 Å². The Kier molecular flexibility index (Phi) is 6.03. The Morgan fingerprint density at radius 1 is 1.38 bits per heavy atom. The van der Waals surface area contributed by atoms with E-state index in [1.54, 1.807) is 11.8 Å². The molecule has 0 amide bonds. The number of nitrogens with zero attached hydrogens (tertiary/aromatic N) is 1. The Bertz CT molecular complexity index is 369. The van der Waals surface area contributed by atoms with E-state index in [1.807, 2.05) is 18.2 Å². The number of rotatable bonds is 2. The van der Waals surface area contributed by atoms with Crippen LogP contribution in [0.15, 0.2) is 29.3 Å². The molecule has 5 heteroatoms. The molecule has 0 aliphatic carbocycles. The first-order valence-electron chi connectivity index (χ1n) is 5.01. The largest absolute Gasteiger partial charge is 0.365 e. The maximum Gasteiger partial charge on any atom is 0.156 e. The van der Waals surface area contributed by atoms with Gasteiger partial charge in [0.1, 0.15) is 0 Å². The van der Waals surface area contributed by atoms with Crippen LogP contribution < -0.4 is 5.32 Å². The Labute approximate surface area is 111 Å². The zero-order valence-corrected chi connectivity index (χ0v) is 11.2. The third kappa shape index (κ3) is 3.89. The van der Waals surface area contributed by atoms with Crippen molar-refractivity contribution in [2.45, 2.75) is 12.2 Å². The van der Waals surface area contributed by atoms with E-state index >= 15 is 0 Å². The molecule has 1 N–H and O–H groups in total. The molecule has 0 bridgehead atoms. The normalized spacial score (nSPS) is 14.7. The number of aliphatic imine (C=N–C) groups is 1. The third-order valence-electron chi connectivity index (χ3n) is 2.19. The number of thioether (sulfide) groups is 1. The topological polar surface area (TPSA) is 24.4 Å². The van der Waals surface area contributed by atoms with Crippen molar-refractivity contribution in [3.8, 4) is 0 Å². The quantitative estimate of drug-likeness (QED) is 0.896. The number of benzene rings is 1. The number of hydrogen-bond acceptors (Lipinski definition) is 3. The predicted molar refractivity (Wildman–Crippen MR) is 74.9 cm³/mol. The van der Waals surface area contributed by atoms with Crippen molar-refractivity contribution in [1.29, 1.82) is 0 Å². The molecule has 0 atom stereocenters. The number of nitrogens with one attached hydrogen (secondary N) is 1. The minimum Gasteiger partial charge on any atom is -0.365 e. The lowest BCUT2D eigenvalue weighted by atomic mass is 10.2. The van der Waals surface area contributed by atoms with E-state index in [2.05, 4.69) is 16.4 Å². The van der Waals surface area contributed by atoms with Crippen LogP contribution in [0.2, 0.25) is 5.02 Å². The minimum atomic E-state index is 0. The van der Waals surface area contributed by atoms with Crippen LogP contribution >= 0.6 is 35.8 Å². The summed E-state index contributed by atoms with van der Waals surface area (Å²) in [4.78, 5) is 4.40. The average Bonchev–Trinajstić information content (AvgIpc) is 2.29. The van der Waals surface area contributed by atoms with E-state index in [9.17, 15) is 0 Å². The van der Waals surface area contributed by atoms with Gasteiger partial charge in [-0.15, -0.1) is 12.4 Å². The van der Waals surface area contributed by atoms with Gasteiger partial charge in [-0.25, -0.2) is 0 Å². The van der Waals surface area contributed by atoms with Crippen molar-refractivity contribution in [2.24, 2.45) is 4.99 Å². The summed E-state index contributed by atoms with van der Waals surface area (Å²) in [5.41, 5.74) is 1.17.